The summed E-state index contributed by atoms with van der Waals surface area (Å²) in [5.74, 6) is 0.755. The van der Waals surface area contributed by atoms with Crippen molar-refractivity contribution in [1.29, 1.82) is 0 Å². The van der Waals surface area contributed by atoms with E-state index in [1.54, 1.807) is 7.11 Å². The molecule has 1 heterocycles. The fourth-order valence-electron chi connectivity index (χ4n) is 1.45. The number of aromatic nitrogens is 2. The van der Waals surface area contributed by atoms with Crippen LogP contribution in [0.1, 0.15) is 10.5 Å². The maximum absolute atomic E-state index is 11.2. The second-order valence-electron chi connectivity index (χ2n) is 3.64. The summed E-state index contributed by atoms with van der Waals surface area (Å²) in [6, 6.07) is 7.41. The van der Waals surface area contributed by atoms with Crippen LogP contribution in [0, 0.1) is 0 Å². The van der Waals surface area contributed by atoms with E-state index in [2.05, 4.69) is 20.0 Å². The number of esters is 1. The number of nitrogens with one attached hydrogen (secondary N) is 1. The molecule has 1 aromatic carbocycles. The van der Waals surface area contributed by atoms with Gasteiger partial charge in [-0.2, -0.15) is 0 Å². The predicted molar refractivity (Wildman–Crippen MR) is 69.6 cm³/mol. The molecule has 0 saturated heterocycles. The van der Waals surface area contributed by atoms with Crippen molar-refractivity contribution in [3.8, 4) is 5.75 Å². The average molecular weight is 259 g/mol. The third-order valence-electron chi connectivity index (χ3n) is 2.39. The Morgan fingerprint density at radius 2 is 2.05 bits per heavy atom. The van der Waals surface area contributed by atoms with Crippen molar-refractivity contribution >= 4 is 17.5 Å². The quantitative estimate of drug-likeness (QED) is 0.847. The third-order valence-corrected chi connectivity index (χ3v) is 2.39. The van der Waals surface area contributed by atoms with Gasteiger partial charge in [-0.15, -0.1) is 0 Å². The Morgan fingerprint density at radius 1 is 1.21 bits per heavy atom. The van der Waals surface area contributed by atoms with Gasteiger partial charge in [-0.25, -0.2) is 14.8 Å². The number of rotatable bonds is 4. The molecule has 98 valence electrons. The number of hydrogen-bond donors (Lipinski definition) is 1. The van der Waals surface area contributed by atoms with E-state index in [1.807, 2.05) is 24.3 Å². The van der Waals surface area contributed by atoms with Crippen LogP contribution in [0.4, 0.5) is 11.5 Å². The van der Waals surface area contributed by atoms with Gasteiger partial charge in [-0.3, -0.25) is 0 Å². The Balaban J connectivity index is 2.12. The maximum Gasteiger partial charge on any atom is 0.358 e. The van der Waals surface area contributed by atoms with Gasteiger partial charge in [0.15, 0.2) is 5.69 Å². The Morgan fingerprint density at radius 3 is 2.68 bits per heavy atom. The number of nitrogens with zero attached hydrogens (tertiary/aromatic N) is 2. The van der Waals surface area contributed by atoms with Crippen LogP contribution in [-0.4, -0.2) is 30.2 Å². The number of ether oxygens (including phenoxy) is 2. The number of anilines is 2. The van der Waals surface area contributed by atoms with Crippen LogP contribution in [0.3, 0.4) is 0 Å². The number of carbonyl (C=O) groups is 1. The van der Waals surface area contributed by atoms with Gasteiger partial charge in [0.2, 0.25) is 0 Å². The Kier molecular flexibility index (Phi) is 3.92. The molecule has 0 radical (unpaired) electrons. The molecule has 0 aliphatic rings. The zero-order chi connectivity index (χ0) is 13.7. The topological polar surface area (TPSA) is 73.3 Å². The van der Waals surface area contributed by atoms with Gasteiger partial charge in [0, 0.05) is 11.8 Å². The van der Waals surface area contributed by atoms with Crippen LogP contribution in [0.15, 0.2) is 36.7 Å². The molecular formula is C13H13N3O3. The molecule has 0 aliphatic carbocycles. The molecule has 6 nitrogen and oxygen atoms in total. The van der Waals surface area contributed by atoms with Gasteiger partial charge in [-0.1, -0.05) is 6.07 Å². The van der Waals surface area contributed by atoms with Crippen molar-refractivity contribution in [2.24, 2.45) is 0 Å². The van der Waals surface area contributed by atoms with Gasteiger partial charge in [0.1, 0.15) is 11.6 Å². The van der Waals surface area contributed by atoms with Gasteiger partial charge in [0.05, 0.1) is 26.6 Å². The molecule has 0 bridgehead atoms. The number of hydrogen-bond acceptors (Lipinski definition) is 6. The van der Waals surface area contributed by atoms with Gasteiger partial charge >= 0.3 is 5.97 Å². The lowest BCUT2D eigenvalue weighted by Crippen LogP contribution is -2.05. The highest BCUT2D eigenvalue weighted by Gasteiger charge is 2.07. The first kappa shape index (κ1) is 12.8. The van der Waals surface area contributed by atoms with Gasteiger partial charge in [0.25, 0.3) is 0 Å². The van der Waals surface area contributed by atoms with Crippen LogP contribution >= 0.6 is 0 Å². The normalized spacial score (nSPS) is 9.79. The van der Waals surface area contributed by atoms with Gasteiger partial charge < -0.3 is 14.8 Å². The van der Waals surface area contributed by atoms with Crippen molar-refractivity contribution in [1.82, 2.24) is 9.97 Å². The van der Waals surface area contributed by atoms with Crippen LogP contribution in [0.2, 0.25) is 0 Å². The fourth-order valence-corrected chi connectivity index (χ4v) is 1.45. The van der Waals surface area contributed by atoms with Crippen molar-refractivity contribution in [3.05, 3.63) is 42.4 Å². The molecule has 0 unspecified atom stereocenters. The summed E-state index contributed by atoms with van der Waals surface area (Å²) in [5.41, 5.74) is 0.984. The second-order valence-corrected chi connectivity index (χ2v) is 3.64. The molecule has 0 aliphatic heterocycles. The molecule has 1 aromatic heterocycles. The Hall–Kier alpha value is -2.63. The molecule has 1 N–H and O–H groups in total. The predicted octanol–water partition coefficient (Wildman–Crippen LogP) is 2.02. The standard InChI is InChI=1S/C13H13N3O3/c1-18-10-5-3-4-9(6-10)16-12-8-14-11(7-15-12)13(17)19-2/h3-8H,1-2H3,(H,15,16). The van der Waals surface area contributed by atoms with Crippen molar-refractivity contribution in [2.75, 3.05) is 19.5 Å². The minimum atomic E-state index is -0.513. The first-order valence-electron chi connectivity index (χ1n) is 5.54. The number of carbonyl (C=O) groups excluding carboxylic acids is 1. The molecule has 6 heteroatoms. The highest BCUT2D eigenvalue weighted by Crippen LogP contribution is 2.19. The molecule has 0 spiro atoms. The highest BCUT2D eigenvalue weighted by atomic mass is 16.5. The SMILES string of the molecule is COC(=O)c1cnc(Nc2cccc(OC)c2)cn1. The highest BCUT2D eigenvalue weighted by molar-refractivity contribution is 5.86. The largest absolute Gasteiger partial charge is 0.497 e. The minimum Gasteiger partial charge on any atom is -0.497 e. The van der Waals surface area contributed by atoms with E-state index < -0.39 is 5.97 Å². The number of methoxy groups -OCH3 is 2. The van der Waals surface area contributed by atoms with E-state index in [4.69, 9.17) is 4.74 Å². The zero-order valence-corrected chi connectivity index (χ0v) is 10.6. The average Bonchev–Trinajstić information content (AvgIpc) is 2.47. The van der Waals surface area contributed by atoms with Gasteiger partial charge in [-0.05, 0) is 12.1 Å². The summed E-state index contributed by atoms with van der Waals surface area (Å²) in [6.07, 6.45) is 2.82. The van der Waals surface area contributed by atoms with Crippen LogP contribution in [0.5, 0.6) is 5.75 Å². The summed E-state index contributed by atoms with van der Waals surface area (Å²) in [5, 5.41) is 3.06. The maximum atomic E-state index is 11.2. The van der Waals surface area contributed by atoms with E-state index in [9.17, 15) is 4.79 Å². The Bertz CT molecular complexity index is 570. The van der Waals surface area contributed by atoms with Crippen molar-refractivity contribution < 1.29 is 14.3 Å². The van der Waals surface area contributed by atoms with E-state index in [1.165, 1.54) is 19.5 Å². The lowest BCUT2D eigenvalue weighted by atomic mass is 10.3. The molecular weight excluding hydrogens is 246 g/mol. The smallest absolute Gasteiger partial charge is 0.358 e. The van der Waals surface area contributed by atoms with Crippen LogP contribution < -0.4 is 10.1 Å². The lowest BCUT2D eigenvalue weighted by Gasteiger charge is -2.07. The second kappa shape index (κ2) is 5.81. The lowest BCUT2D eigenvalue weighted by molar-refractivity contribution is 0.0593. The first-order valence-corrected chi connectivity index (χ1v) is 5.54. The summed E-state index contributed by atoms with van der Waals surface area (Å²) >= 11 is 0. The Labute approximate surface area is 110 Å². The van der Waals surface area contributed by atoms with Crippen molar-refractivity contribution in [3.63, 3.8) is 0 Å². The van der Waals surface area contributed by atoms with Crippen molar-refractivity contribution in [2.45, 2.75) is 0 Å². The summed E-state index contributed by atoms with van der Waals surface area (Å²) in [6.45, 7) is 0. The molecule has 0 saturated carbocycles. The molecule has 2 aromatic rings. The first-order chi connectivity index (χ1) is 9.22. The zero-order valence-electron chi connectivity index (χ0n) is 10.6. The minimum absolute atomic E-state index is 0.165. The number of benzene rings is 1. The summed E-state index contributed by atoms with van der Waals surface area (Å²) < 4.78 is 9.67. The van der Waals surface area contributed by atoms with E-state index in [0.29, 0.717) is 5.82 Å². The molecule has 0 fully saturated rings. The molecule has 0 atom stereocenters. The summed E-state index contributed by atoms with van der Waals surface area (Å²) in [4.78, 5) is 19.2. The van der Waals surface area contributed by atoms with E-state index in [0.717, 1.165) is 11.4 Å². The van der Waals surface area contributed by atoms with Crippen LogP contribution in [0.25, 0.3) is 0 Å². The molecule has 19 heavy (non-hydrogen) atoms. The fraction of sp³-hybridized carbons (Fsp3) is 0.154. The third kappa shape index (κ3) is 3.19. The molecule has 0 amide bonds. The van der Waals surface area contributed by atoms with E-state index >= 15 is 0 Å². The molecule has 2 rings (SSSR count). The monoisotopic (exact) mass is 259 g/mol. The summed E-state index contributed by atoms with van der Waals surface area (Å²) in [7, 11) is 2.90. The van der Waals surface area contributed by atoms with E-state index in [-0.39, 0.29) is 5.69 Å². The van der Waals surface area contributed by atoms with Crippen LogP contribution in [-0.2, 0) is 4.74 Å².